The van der Waals surface area contributed by atoms with Crippen LogP contribution >= 0.6 is 0 Å². The molecule has 3 rings (SSSR count). The monoisotopic (exact) mass is 399 g/mol. The Morgan fingerprint density at radius 3 is 2.28 bits per heavy atom. The molecule has 1 aliphatic carbocycles. The summed E-state index contributed by atoms with van der Waals surface area (Å²) >= 11 is 0. The van der Waals surface area contributed by atoms with Crippen molar-refractivity contribution in [1.82, 2.24) is 15.5 Å². The molecule has 1 saturated heterocycles. The summed E-state index contributed by atoms with van der Waals surface area (Å²) in [5.74, 6) is 0.0297. The van der Waals surface area contributed by atoms with Gasteiger partial charge < -0.3 is 10.6 Å². The summed E-state index contributed by atoms with van der Waals surface area (Å²) in [5.41, 5.74) is 1.48. The first-order valence-corrected chi connectivity index (χ1v) is 10.8. The number of carbonyl (C=O) groups excluding carboxylic acids is 3. The third kappa shape index (κ3) is 4.98. The molecule has 2 N–H and O–H groups in total. The Bertz CT molecular complexity index is 749. The first-order chi connectivity index (χ1) is 13.8. The molecule has 1 saturated carbocycles. The van der Waals surface area contributed by atoms with Crippen molar-refractivity contribution in [2.45, 2.75) is 77.3 Å². The number of imide groups is 1. The summed E-state index contributed by atoms with van der Waals surface area (Å²) in [5, 5.41) is 5.79. The fourth-order valence-electron chi connectivity index (χ4n) is 4.42. The zero-order valence-corrected chi connectivity index (χ0v) is 17.8. The molecule has 6 heteroatoms. The molecule has 1 aliphatic heterocycles. The summed E-state index contributed by atoms with van der Waals surface area (Å²) < 4.78 is 0. The zero-order valence-electron chi connectivity index (χ0n) is 17.8. The predicted octanol–water partition coefficient (Wildman–Crippen LogP) is 3.71. The number of hydrogen-bond acceptors (Lipinski definition) is 3. The van der Waals surface area contributed by atoms with Crippen LogP contribution in [-0.4, -0.2) is 34.8 Å². The summed E-state index contributed by atoms with van der Waals surface area (Å²) in [6.45, 7) is 6.05. The van der Waals surface area contributed by atoms with Gasteiger partial charge in [-0.3, -0.25) is 14.5 Å². The van der Waals surface area contributed by atoms with Crippen LogP contribution in [0.3, 0.4) is 0 Å². The van der Waals surface area contributed by atoms with Gasteiger partial charge in [-0.1, -0.05) is 63.8 Å². The van der Waals surface area contributed by atoms with Crippen LogP contribution in [0, 0.1) is 5.92 Å². The maximum Gasteiger partial charge on any atom is 0.325 e. The SMILES string of the molecule is CC(C)Cc1ccc(C(C)NC(=O)CN2C(=O)NC3(CCCCCC3)C2=O)cc1. The number of nitrogens with zero attached hydrogens (tertiary/aromatic N) is 1. The first-order valence-electron chi connectivity index (χ1n) is 10.8. The van der Waals surface area contributed by atoms with Gasteiger partial charge in [0.1, 0.15) is 12.1 Å². The van der Waals surface area contributed by atoms with Crippen molar-refractivity contribution in [2.24, 2.45) is 5.92 Å². The number of nitrogens with one attached hydrogen (secondary N) is 2. The molecule has 29 heavy (non-hydrogen) atoms. The van der Waals surface area contributed by atoms with E-state index in [2.05, 4.69) is 36.6 Å². The lowest BCUT2D eigenvalue weighted by atomic mass is 9.90. The van der Waals surface area contributed by atoms with Gasteiger partial charge in [-0.25, -0.2) is 4.79 Å². The minimum Gasteiger partial charge on any atom is -0.348 e. The lowest BCUT2D eigenvalue weighted by Gasteiger charge is -2.24. The van der Waals surface area contributed by atoms with Crippen molar-refractivity contribution in [3.8, 4) is 0 Å². The zero-order chi connectivity index (χ0) is 21.0. The van der Waals surface area contributed by atoms with Crippen molar-refractivity contribution in [3.05, 3.63) is 35.4 Å². The molecule has 2 aliphatic rings. The molecular formula is C23H33N3O3. The second-order valence-corrected chi connectivity index (χ2v) is 8.95. The van der Waals surface area contributed by atoms with Crippen LogP contribution in [0.1, 0.15) is 76.5 Å². The molecule has 1 heterocycles. The lowest BCUT2D eigenvalue weighted by Crippen LogP contribution is -2.47. The maximum absolute atomic E-state index is 12.9. The van der Waals surface area contributed by atoms with Crippen LogP contribution in [0.4, 0.5) is 4.79 Å². The highest BCUT2D eigenvalue weighted by molar-refractivity contribution is 6.09. The smallest absolute Gasteiger partial charge is 0.325 e. The summed E-state index contributed by atoms with van der Waals surface area (Å²) in [7, 11) is 0. The molecule has 0 aromatic heterocycles. The lowest BCUT2D eigenvalue weighted by molar-refractivity contribution is -0.135. The Balaban J connectivity index is 1.58. The second kappa shape index (κ2) is 8.97. The Labute approximate surface area is 173 Å². The van der Waals surface area contributed by atoms with Crippen molar-refractivity contribution in [3.63, 3.8) is 0 Å². The highest BCUT2D eigenvalue weighted by atomic mass is 16.2. The maximum atomic E-state index is 12.9. The molecule has 1 unspecified atom stereocenters. The van der Waals surface area contributed by atoms with Gasteiger partial charge >= 0.3 is 6.03 Å². The van der Waals surface area contributed by atoms with Crippen molar-refractivity contribution in [2.75, 3.05) is 6.54 Å². The fraction of sp³-hybridized carbons (Fsp3) is 0.609. The predicted molar refractivity (Wildman–Crippen MR) is 112 cm³/mol. The molecule has 1 aromatic rings. The van der Waals surface area contributed by atoms with Crippen LogP contribution < -0.4 is 10.6 Å². The number of urea groups is 1. The number of amides is 4. The Morgan fingerprint density at radius 2 is 1.69 bits per heavy atom. The summed E-state index contributed by atoms with van der Waals surface area (Å²) in [6, 6.07) is 7.59. The van der Waals surface area contributed by atoms with Gasteiger partial charge in [0, 0.05) is 0 Å². The molecule has 1 atom stereocenters. The average Bonchev–Trinajstić information content (AvgIpc) is 2.83. The molecule has 4 amide bonds. The fourth-order valence-corrected chi connectivity index (χ4v) is 4.42. The van der Waals surface area contributed by atoms with E-state index in [1.54, 1.807) is 0 Å². The van der Waals surface area contributed by atoms with Crippen LogP contribution in [0.15, 0.2) is 24.3 Å². The summed E-state index contributed by atoms with van der Waals surface area (Å²) in [4.78, 5) is 38.9. The molecule has 158 valence electrons. The molecule has 0 radical (unpaired) electrons. The van der Waals surface area contributed by atoms with E-state index in [0.29, 0.717) is 18.8 Å². The number of carbonyl (C=O) groups is 3. The van der Waals surface area contributed by atoms with E-state index < -0.39 is 11.6 Å². The second-order valence-electron chi connectivity index (χ2n) is 8.95. The Morgan fingerprint density at radius 1 is 1.07 bits per heavy atom. The number of hydrogen-bond donors (Lipinski definition) is 2. The highest BCUT2D eigenvalue weighted by Gasteiger charge is 2.51. The van der Waals surface area contributed by atoms with E-state index in [4.69, 9.17) is 0 Å². The standard InChI is InChI=1S/C23H33N3O3/c1-16(2)14-18-8-10-19(11-9-18)17(3)24-20(27)15-26-21(28)23(25-22(26)29)12-6-4-5-7-13-23/h8-11,16-17H,4-7,12-15H2,1-3H3,(H,24,27)(H,25,29). The molecule has 1 spiro atoms. The van der Waals surface area contributed by atoms with E-state index in [1.165, 1.54) is 5.56 Å². The Hall–Kier alpha value is -2.37. The van der Waals surface area contributed by atoms with E-state index in [9.17, 15) is 14.4 Å². The van der Waals surface area contributed by atoms with Gasteiger partial charge in [-0.15, -0.1) is 0 Å². The molecule has 6 nitrogen and oxygen atoms in total. The number of benzene rings is 1. The van der Waals surface area contributed by atoms with E-state index in [0.717, 1.165) is 42.6 Å². The van der Waals surface area contributed by atoms with Crippen LogP contribution in [0.5, 0.6) is 0 Å². The van der Waals surface area contributed by atoms with Crippen molar-refractivity contribution >= 4 is 17.8 Å². The van der Waals surface area contributed by atoms with E-state index >= 15 is 0 Å². The van der Waals surface area contributed by atoms with Gasteiger partial charge in [0.25, 0.3) is 5.91 Å². The van der Waals surface area contributed by atoms with Crippen molar-refractivity contribution in [1.29, 1.82) is 0 Å². The van der Waals surface area contributed by atoms with Crippen LogP contribution in [0.25, 0.3) is 0 Å². The Kier molecular flexibility index (Phi) is 6.60. The van der Waals surface area contributed by atoms with E-state index in [1.807, 2.05) is 19.1 Å². The minimum absolute atomic E-state index is 0.191. The molecule has 1 aromatic carbocycles. The van der Waals surface area contributed by atoms with Crippen LogP contribution in [-0.2, 0) is 16.0 Å². The van der Waals surface area contributed by atoms with Crippen LogP contribution in [0.2, 0.25) is 0 Å². The summed E-state index contributed by atoms with van der Waals surface area (Å²) in [6.07, 6.45) is 6.36. The normalized spacial score (nSPS) is 19.9. The van der Waals surface area contributed by atoms with Gasteiger partial charge in [0.15, 0.2) is 0 Å². The first kappa shape index (κ1) is 21.3. The van der Waals surface area contributed by atoms with Gasteiger partial charge in [-0.2, -0.15) is 0 Å². The molecule has 0 bridgehead atoms. The minimum atomic E-state index is -0.800. The third-order valence-corrected chi connectivity index (χ3v) is 6.01. The topological polar surface area (TPSA) is 78.5 Å². The van der Waals surface area contributed by atoms with Gasteiger partial charge in [-0.05, 0) is 43.2 Å². The van der Waals surface area contributed by atoms with E-state index in [-0.39, 0.29) is 24.4 Å². The van der Waals surface area contributed by atoms with Crippen molar-refractivity contribution < 1.29 is 14.4 Å². The van der Waals surface area contributed by atoms with Gasteiger partial charge in [0.2, 0.25) is 5.91 Å². The number of rotatable bonds is 6. The highest BCUT2D eigenvalue weighted by Crippen LogP contribution is 2.32. The largest absolute Gasteiger partial charge is 0.348 e. The molecule has 2 fully saturated rings. The average molecular weight is 400 g/mol. The molecular weight excluding hydrogens is 366 g/mol. The van der Waals surface area contributed by atoms with Gasteiger partial charge in [0.05, 0.1) is 6.04 Å². The third-order valence-electron chi connectivity index (χ3n) is 6.01. The quantitative estimate of drug-likeness (QED) is 0.716.